The normalized spacial score (nSPS) is 10.1. The van der Waals surface area contributed by atoms with Crippen molar-refractivity contribution in [2.75, 3.05) is 6.61 Å². The molecule has 0 amide bonds. The minimum absolute atomic E-state index is 0.287. The van der Waals surface area contributed by atoms with Gasteiger partial charge in [-0.25, -0.2) is 4.39 Å². The van der Waals surface area contributed by atoms with E-state index in [1.807, 2.05) is 6.08 Å². The van der Waals surface area contributed by atoms with Crippen molar-refractivity contribution in [3.8, 4) is 5.75 Å². The number of hydrogen-bond acceptors (Lipinski definition) is 2. The van der Waals surface area contributed by atoms with Gasteiger partial charge in [-0.1, -0.05) is 18.2 Å². The van der Waals surface area contributed by atoms with Gasteiger partial charge in [0.2, 0.25) is 0 Å². The summed E-state index contributed by atoms with van der Waals surface area (Å²) in [6.07, 6.45) is 6.77. The summed E-state index contributed by atoms with van der Waals surface area (Å²) in [5.41, 5.74) is 0.651. The van der Waals surface area contributed by atoms with Crippen LogP contribution in [0.2, 0.25) is 0 Å². The lowest BCUT2D eigenvalue weighted by molar-refractivity contribution is 0.301. The summed E-state index contributed by atoms with van der Waals surface area (Å²) in [5, 5.41) is 0. The van der Waals surface area contributed by atoms with E-state index in [1.165, 1.54) is 0 Å². The Hall–Kier alpha value is -1.22. The van der Waals surface area contributed by atoms with Crippen molar-refractivity contribution in [2.45, 2.75) is 30.6 Å². The molecule has 0 heterocycles. The third-order valence-electron chi connectivity index (χ3n) is 2.59. The number of hydrogen-bond donors (Lipinski definition) is 1. The molecule has 0 aromatic heterocycles. The fraction of sp³-hybridized carbons (Fsp3) is 0.333. The Labute approximate surface area is 114 Å². The minimum atomic E-state index is -0.290. The average Bonchev–Trinajstić information content (AvgIpc) is 2.38. The third kappa shape index (κ3) is 4.22. The van der Waals surface area contributed by atoms with E-state index < -0.39 is 0 Å². The molecule has 1 aromatic carbocycles. The Kier molecular flexibility index (Phi) is 6.58. The topological polar surface area (TPSA) is 9.23 Å². The van der Waals surface area contributed by atoms with Crippen LogP contribution in [0, 0.1) is 5.82 Å². The van der Waals surface area contributed by atoms with Crippen LogP contribution in [0.4, 0.5) is 4.39 Å². The molecule has 1 rings (SSSR count). The summed E-state index contributed by atoms with van der Waals surface area (Å²) in [5.74, 6) is 0.212. The lowest BCUT2D eigenvalue weighted by atomic mass is 10.1. The fourth-order valence-corrected chi connectivity index (χ4v) is 1.85. The lowest BCUT2D eigenvalue weighted by Crippen LogP contribution is -2.00. The van der Waals surface area contributed by atoms with Gasteiger partial charge < -0.3 is 4.74 Å². The van der Waals surface area contributed by atoms with Gasteiger partial charge in [0.15, 0.2) is 0 Å². The van der Waals surface area contributed by atoms with E-state index in [1.54, 1.807) is 18.2 Å². The maximum absolute atomic E-state index is 14.0. The third-order valence-corrected chi connectivity index (χ3v) is 3.00. The van der Waals surface area contributed by atoms with E-state index in [-0.39, 0.29) is 10.7 Å². The number of benzene rings is 1. The van der Waals surface area contributed by atoms with Crippen molar-refractivity contribution >= 4 is 12.6 Å². The second-order valence-electron chi connectivity index (χ2n) is 3.99. The molecule has 0 N–H and O–H groups in total. The number of halogens is 1. The molecule has 1 nitrogen and oxygen atoms in total. The Morgan fingerprint density at radius 2 is 1.94 bits per heavy atom. The van der Waals surface area contributed by atoms with Crippen LogP contribution in [0.3, 0.4) is 0 Å². The first-order chi connectivity index (χ1) is 8.70. The highest BCUT2D eigenvalue weighted by Gasteiger charge is 2.10. The van der Waals surface area contributed by atoms with Crippen LogP contribution in [0.25, 0.3) is 0 Å². The molecule has 1 aromatic rings. The predicted molar refractivity (Wildman–Crippen MR) is 77.1 cm³/mol. The van der Waals surface area contributed by atoms with Gasteiger partial charge in [0.25, 0.3) is 0 Å². The summed E-state index contributed by atoms with van der Waals surface area (Å²) >= 11 is 4.18. The predicted octanol–water partition coefficient (Wildman–Crippen LogP) is 4.58. The Bertz CT molecular complexity index is 415. The summed E-state index contributed by atoms with van der Waals surface area (Å²) in [6.45, 7) is 7.81. The second-order valence-corrected chi connectivity index (χ2v) is 4.44. The van der Waals surface area contributed by atoms with Crippen LogP contribution in [0.15, 0.2) is 42.3 Å². The number of allylic oxidation sites excluding steroid dienone is 2. The van der Waals surface area contributed by atoms with Gasteiger partial charge in [0.1, 0.15) is 11.6 Å². The van der Waals surface area contributed by atoms with Crippen LogP contribution in [-0.2, 0) is 6.42 Å². The van der Waals surface area contributed by atoms with Gasteiger partial charge >= 0.3 is 0 Å². The number of rotatable bonds is 8. The molecule has 0 spiro atoms. The molecular formula is C15H19FOS. The van der Waals surface area contributed by atoms with E-state index in [0.717, 1.165) is 19.3 Å². The Balaban J connectivity index is 2.67. The maximum atomic E-state index is 14.0. The molecule has 0 aliphatic carbocycles. The van der Waals surface area contributed by atoms with E-state index in [0.29, 0.717) is 24.3 Å². The summed E-state index contributed by atoms with van der Waals surface area (Å²) in [4.78, 5) is 0.287. The van der Waals surface area contributed by atoms with E-state index in [2.05, 4.69) is 25.8 Å². The monoisotopic (exact) mass is 266 g/mol. The molecule has 0 unspecified atom stereocenters. The molecule has 0 aliphatic heterocycles. The molecule has 0 radical (unpaired) electrons. The molecule has 0 saturated heterocycles. The zero-order valence-corrected chi connectivity index (χ0v) is 11.4. The molecule has 0 fully saturated rings. The highest BCUT2D eigenvalue weighted by Crippen LogP contribution is 2.28. The quantitative estimate of drug-likeness (QED) is 0.412. The number of thiol groups is 1. The van der Waals surface area contributed by atoms with Gasteiger partial charge in [0.05, 0.1) is 11.5 Å². The molecular weight excluding hydrogens is 247 g/mol. The van der Waals surface area contributed by atoms with Crippen molar-refractivity contribution in [1.29, 1.82) is 0 Å². The molecule has 18 heavy (non-hydrogen) atoms. The number of unbranched alkanes of at least 4 members (excludes halogenated alkanes) is 1. The number of aryl methyl sites for hydroxylation is 1. The second kappa shape index (κ2) is 7.98. The van der Waals surface area contributed by atoms with Gasteiger partial charge in [-0.05, 0) is 37.3 Å². The number of ether oxygens (including phenoxy) is 1. The zero-order valence-electron chi connectivity index (χ0n) is 10.5. The van der Waals surface area contributed by atoms with Gasteiger partial charge in [-0.15, -0.1) is 25.8 Å². The highest BCUT2D eigenvalue weighted by atomic mass is 32.1. The first-order valence-electron chi connectivity index (χ1n) is 6.05. The van der Waals surface area contributed by atoms with Crippen LogP contribution in [0.1, 0.15) is 24.8 Å². The molecule has 98 valence electrons. The fourth-order valence-electron chi connectivity index (χ4n) is 1.57. The molecule has 0 saturated carbocycles. The zero-order chi connectivity index (χ0) is 13.4. The first kappa shape index (κ1) is 14.8. The highest BCUT2D eigenvalue weighted by molar-refractivity contribution is 7.80. The Morgan fingerprint density at radius 3 is 2.61 bits per heavy atom. The van der Waals surface area contributed by atoms with Crippen LogP contribution >= 0.6 is 12.6 Å². The van der Waals surface area contributed by atoms with E-state index in [4.69, 9.17) is 4.74 Å². The van der Waals surface area contributed by atoms with Gasteiger partial charge in [-0.2, -0.15) is 0 Å². The van der Waals surface area contributed by atoms with Crippen molar-refractivity contribution in [2.24, 2.45) is 0 Å². The molecule has 0 atom stereocenters. The largest absolute Gasteiger partial charge is 0.492 e. The molecule has 0 aliphatic rings. The van der Waals surface area contributed by atoms with Crippen LogP contribution < -0.4 is 4.74 Å². The standard InChI is InChI=1S/C15H19FOS/c1-3-5-7-11-17-13-10-9-12(8-6-4-2)14(16)15(13)18/h3-4,9-10,18H,1-2,5-8,11H2. The molecule has 3 heteroatoms. The van der Waals surface area contributed by atoms with Gasteiger partial charge in [-0.3, -0.25) is 0 Å². The summed E-state index contributed by atoms with van der Waals surface area (Å²) in [6, 6.07) is 3.53. The van der Waals surface area contributed by atoms with Crippen molar-refractivity contribution in [3.63, 3.8) is 0 Å². The average molecular weight is 266 g/mol. The van der Waals surface area contributed by atoms with E-state index in [9.17, 15) is 4.39 Å². The summed E-state index contributed by atoms with van der Waals surface area (Å²) in [7, 11) is 0. The van der Waals surface area contributed by atoms with E-state index >= 15 is 0 Å². The smallest absolute Gasteiger partial charge is 0.143 e. The summed E-state index contributed by atoms with van der Waals surface area (Å²) < 4.78 is 19.4. The maximum Gasteiger partial charge on any atom is 0.143 e. The SMILES string of the molecule is C=CCCCOc1ccc(CCC=C)c(F)c1S. The van der Waals surface area contributed by atoms with Crippen molar-refractivity contribution < 1.29 is 9.13 Å². The molecule has 0 bridgehead atoms. The first-order valence-corrected chi connectivity index (χ1v) is 6.50. The van der Waals surface area contributed by atoms with Crippen molar-refractivity contribution in [3.05, 3.63) is 48.8 Å². The lowest BCUT2D eigenvalue weighted by Gasteiger charge is -2.11. The van der Waals surface area contributed by atoms with Crippen LogP contribution in [-0.4, -0.2) is 6.61 Å². The van der Waals surface area contributed by atoms with Gasteiger partial charge in [0, 0.05) is 0 Å². The van der Waals surface area contributed by atoms with Crippen LogP contribution in [0.5, 0.6) is 5.75 Å². The Morgan fingerprint density at radius 1 is 1.22 bits per heavy atom. The van der Waals surface area contributed by atoms with Crippen molar-refractivity contribution in [1.82, 2.24) is 0 Å². The minimum Gasteiger partial charge on any atom is -0.492 e.